The number of anilines is 3. The van der Waals surface area contributed by atoms with Gasteiger partial charge in [0.1, 0.15) is 0 Å². The summed E-state index contributed by atoms with van der Waals surface area (Å²) in [5, 5.41) is 3.68. The van der Waals surface area contributed by atoms with Gasteiger partial charge >= 0.3 is 0 Å². The third-order valence-electron chi connectivity index (χ3n) is 6.24. The molecule has 2 aromatic heterocycles. The van der Waals surface area contributed by atoms with E-state index in [1.807, 2.05) is 11.0 Å². The van der Waals surface area contributed by atoms with E-state index in [9.17, 15) is 9.59 Å². The van der Waals surface area contributed by atoms with Crippen molar-refractivity contribution in [1.29, 1.82) is 0 Å². The summed E-state index contributed by atoms with van der Waals surface area (Å²) in [6.07, 6.45) is 8.18. The van der Waals surface area contributed by atoms with Crippen LogP contribution in [0.4, 0.5) is 17.3 Å². The number of rotatable bonds is 5. The van der Waals surface area contributed by atoms with Crippen molar-refractivity contribution in [1.82, 2.24) is 19.9 Å². The highest BCUT2D eigenvalue weighted by Gasteiger charge is 2.34. The number of likely N-dealkylation sites (tertiary alicyclic amines) is 1. The molecule has 3 saturated heterocycles. The van der Waals surface area contributed by atoms with Crippen LogP contribution in [0.2, 0.25) is 5.02 Å². The van der Waals surface area contributed by atoms with Crippen LogP contribution in [0, 0.1) is 5.92 Å². The Labute approximate surface area is 191 Å². The number of nitrogens with one attached hydrogen (secondary N) is 1. The van der Waals surface area contributed by atoms with Gasteiger partial charge in [0.2, 0.25) is 17.8 Å². The number of carbonyl (C=O) groups excluding carboxylic acids is 2. The lowest BCUT2D eigenvalue weighted by atomic mass is 9.93. The molecular weight excluding hydrogens is 432 g/mol. The number of hydrogen-bond acceptors (Lipinski definition) is 7. The lowest BCUT2D eigenvalue weighted by Gasteiger charge is -2.37. The molecule has 0 aliphatic carbocycles. The molecule has 1 unspecified atom stereocenters. The minimum atomic E-state index is -0.0193. The van der Waals surface area contributed by atoms with Gasteiger partial charge in [0.25, 0.3) is 0 Å². The van der Waals surface area contributed by atoms with Crippen LogP contribution in [0.5, 0.6) is 0 Å². The predicted molar refractivity (Wildman–Crippen MR) is 119 cm³/mol. The highest BCUT2D eigenvalue weighted by molar-refractivity contribution is 6.31. The van der Waals surface area contributed by atoms with Crippen molar-refractivity contribution in [2.45, 2.75) is 31.6 Å². The molecule has 5 rings (SSSR count). The Morgan fingerprint density at radius 3 is 2.81 bits per heavy atom. The van der Waals surface area contributed by atoms with E-state index in [0.717, 1.165) is 37.2 Å². The van der Waals surface area contributed by atoms with Crippen LogP contribution in [0.3, 0.4) is 0 Å². The lowest BCUT2D eigenvalue weighted by molar-refractivity contribution is -0.151. The quantitative estimate of drug-likeness (QED) is 0.738. The predicted octanol–water partition coefficient (Wildman–Crippen LogP) is 2.75. The molecule has 2 aromatic rings. The van der Waals surface area contributed by atoms with E-state index in [1.54, 1.807) is 23.5 Å². The molecule has 1 atom stereocenters. The van der Waals surface area contributed by atoms with Crippen molar-refractivity contribution in [2.75, 3.05) is 43.1 Å². The highest BCUT2D eigenvalue weighted by atomic mass is 35.5. The Kier molecular flexibility index (Phi) is 5.93. The normalized spacial score (nSPS) is 21.5. The maximum absolute atomic E-state index is 12.6. The van der Waals surface area contributed by atoms with Crippen LogP contribution in [0.25, 0.3) is 0 Å². The molecule has 1 N–H and O–H groups in total. The fourth-order valence-electron chi connectivity index (χ4n) is 4.46. The first-order valence-electron chi connectivity index (χ1n) is 11.0. The first-order valence-corrected chi connectivity index (χ1v) is 11.4. The molecule has 0 radical (unpaired) electrons. The smallest absolute Gasteiger partial charge is 0.230 e. The Morgan fingerprint density at radius 2 is 2.06 bits per heavy atom. The molecule has 3 aliphatic rings. The van der Waals surface area contributed by atoms with E-state index in [4.69, 9.17) is 16.3 Å². The van der Waals surface area contributed by atoms with E-state index in [2.05, 4.69) is 20.3 Å². The van der Waals surface area contributed by atoms with Gasteiger partial charge < -0.3 is 19.9 Å². The van der Waals surface area contributed by atoms with Crippen LogP contribution < -0.4 is 10.2 Å². The summed E-state index contributed by atoms with van der Waals surface area (Å²) in [5.41, 5.74) is 2.19. The molecule has 0 aromatic carbocycles. The minimum absolute atomic E-state index is 0.0193. The van der Waals surface area contributed by atoms with Gasteiger partial charge in [0.05, 0.1) is 59.8 Å². The zero-order chi connectivity index (χ0) is 22.1. The molecule has 9 nitrogen and oxygen atoms in total. The second-order valence-electron chi connectivity index (χ2n) is 8.49. The average Bonchev–Trinajstić information content (AvgIpc) is 3.20. The Bertz CT molecular complexity index is 1030. The second-order valence-corrected chi connectivity index (χ2v) is 8.90. The molecule has 168 valence electrons. The van der Waals surface area contributed by atoms with E-state index in [0.29, 0.717) is 49.4 Å². The summed E-state index contributed by atoms with van der Waals surface area (Å²) in [5.74, 6) is 0.708. The maximum atomic E-state index is 12.6. The van der Waals surface area contributed by atoms with Crippen molar-refractivity contribution in [3.05, 3.63) is 35.4 Å². The molecule has 5 heterocycles. The van der Waals surface area contributed by atoms with Crippen LogP contribution in [-0.2, 0) is 14.3 Å². The number of hydrogen-bond donors (Lipinski definition) is 1. The fourth-order valence-corrected chi connectivity index (χ4v) is 4.70. The molecule has 2 amide bonds. The monoisotopic (exact) mass is 456 g/mol. The fraction of sp³-hybridized carbons (Fsp3) is 0.500. The van der Waals surface area contributed by atoms with Gasteiger partial charge in [-0.3, -0.25) is 14.6 Å². The zero-order valence-corrected chi connectivity index (χ0v) is 18.4. The van der Waals surface area contributed by atoms with Crippen LogP contribution in [0.1, 0.15) is 37.3 Å². The van der Waals surface area contributed by atoms with Crippen molar-refractivity contribution in [2.24, 2.45) is 5.92 Å². The van der Waals surface area contributed by atoms with E-state index in [-0.39, 0.29) is 23.7 Å². The van der Waals surface area contributed by atoms with E-state index in [1.165, 1.54) is 0 Å². The molecule has 0 bridgehead atoms. The third-order valence-corrected chi connectivity index (χ3v) is 6.53. The SMILES string of the molecule is O=C(C1COC1)N1CCCC(c2nc(Nc3cncc(N4CCCC4=O)c3)ncc2Cl)C1. The number of amides is 2. The summed E-state index contributed by atoms with van der Waals surface area (Å²) in [6, 6.07) is 1.87. The Morgan fingerprint density at radius 1 is 1.19 bits per heavy atom. The summed E-state index contributed by atoms with van der Waals surface area (Å²) >= 11 is 6.46. The highest BCUT2D eigenvalue weighted by Crippen LogP contribution is 2.32. The minimum Gasteiger partial charge on any atom is -0.380 e. The van der Waals surface area contributed by atoms with Crippen molar-refractivity contribution in [3.63, 3.8) is 0 Å². The standard InChI is InChI=1S/C22H25ClN6O3/c23-18-10-25-22(26-16-7-17(9-24-8-16)29-6-2-4-19(29)30)27-20(18)14-3-1-5-28(11-14)21(31)15-12-32-13-15/h7-10,14-15H,1-6,11-13H2,(H,25,26,27). The average molecular weight is 457 g/mol. The van der Waals surface area contributed by atoms with Crippen LogP contribution in [-0.4, -0.2) is 64.5 Å². The number of nitrogens with zero attached hydrogens (tertiary/aromatic N) is 5. The van der Waals surface area contributed by atoms with Gasteiger partial charge in [-0.15, -0.1) is 0 Å². The Hall–Kier alpha value is -2.78. The van der Waals surface area contributed by atoms with Gasteiger partial charge in [-0.2, -0.15) is 0 Å². The maximum Gasteiger partial charge on any atom is 0.230 e. The largest absolute Gasteiger partial charge is 0.380 e. The van der Waals surface area contributed by atoms with Gasteiger partial charge in [-0.05, 0) is 25.3 Å². The number of ether oxygens (including phenoxy) is 1. The molecule has 10 heteroatoms. The molecule has 3 aliphatic heterocycles. The lowest BCUT2D eigenvalue weighted by Crippen LogP contribution is -2.48. The van der Waals surface area contributed by atoms with Gasteiger partial charge in [-0.25, -0.2) is 9.97 Å². The number of carbonyl (C=O) groups is 2. The summed E-state index contributed by atoms with van der Waals surface area (Å²) in [6.45, 7) is 3.08. The molecule has 3 fully saturated rings. The number of halogens is 1. The summed E-state index contributed by atoms with van der Waals surface area (Å²) in [7, 11) is 0. The summed E-state index contributed by atoms with van der Waals surface area (Å²) in [4.78, 5) is 41.6. The molecule has 0 spiro atoms. The van der Waals surface area contributed by atoms with Crippen LogP contribution >= 0.6 is 11.6 Å². The van der Waals surface area contributed by atoms with E-state index < -0.39 is 0 Å². The first kappa shape index (κ1) is 21.1. The van der Waals surface area contributed by atoms with Crippen molar-refractivity contribution in [3.8, 4) is 0 Å². The van der Waals surface area contributed by atoms with Gasteiger partial charge in [0, 0.05) is 32.0 Å². The van der Waals surface area contributed by atoms with Gasteiger partial charge in [-0.1, -0.05) is 11.6 Å². The number of aromatic nitrogens is 3. The van der Waals surface area contributed by atoms with Crippen molar-refractivity contribution >= 4 is 40.7 Å². The Balaban J connectivity index is 1.32. The first-order chi connectivity index (χ1) is 15.6. The topological polar surface area (TPSA) is 101 Å². The molecule has 32 heavy (non-hydrogen) atoms. The molecular formula is C22H25ClN6O3. The summed E-state index contributed by atoms with van der Waals surface area (Å²) < 4.78 is 5.17. The second kappa shape index (κ2) is 8.99. The van der Waals surface area contributed by atoms with Gasteiger partial charge in [0.15, 0.2) is 0 Å². The molecule has 0 saturated carbocycles. The van der Waals surface area contributed by atoms with Crippen molar-refractivity contribution < 1.29 is 14.3 Å². The third kappa shape index (κ3) is 4.27. The number of pyridine rings is 1. The number of piperidine rings is 1. The van der Waals surface area contributed by atoms with E-state index >= 15 is 0 Å². The van der Waals surface area contributed by atoms with Crippen LogP contribution in [0.15, 0.2) is 24.7 Å². The zero-order valence-electron chi connectivity index (χ0n) is 17.7.